The number of carboxylic acid groups (broad SMARTS) is 1. The molecule has 4 aromatic heterocycles. The lowest BCUT2D eigenvalue weighted by molar-refractivity contribution is -0.137. The quantitative estimate of drug-likeness (QED) is 0.00997. The number of imidazole rings is 2. The third-order valence-electron chi connectivity index (χ3n) is 18.3. The van der Waals surface area contributed by atoms with E-state index in [9.17, 15) is 91.6 Å². The van der Waals surface area contributed by atoms with Crippen molar-refractivity contribution in [2.75, 3.05) is 24.6 Å². The summed E-state index contributed by atoms with van der Waals surface area (Å²) in [5.74, 6) is -17.9. The second-order valence-electron chi connectivity index (χ2n) is 27.8. The smallest absolute Gasteiger partial charge is 0.306 e. The Labute approximate surface area is 683 Å². The molecule has 0 bridgehead atoms. The second kappa shape index (κ2) is 45.0. The normalized spacial score (nSPS) is 22.9. The highest BCUT2D eigenvalue weighted by Crippen LogP contribution is 2.29. The molecule has 0 saturated heterocycles. The number of aliphatic carboxylic acids is 1. The lowest BCUT2D eigenvalue weighted by Crippen LogP contribution is -2.35. The number of aliphatic hydroxyl groups is 16. The van der Waals surface area contributed by atoms with Crippen LogP contribution in [0.1, 0.15) is 103 Å². The van der Waals surface area contributed by atoms with E-state index in [1.807, 2.05) is 0 Å². The van der Waals surface area contributed by atoms with E-state index in [0.717, 1.165) is 28.5 Å². The highest BCUT2D eigenvalue weighted by atomic mass is 33.1. The van der Waals surface area contributed by atoms with E-state index in [1.54, 1.807) is 88.6 Å². The van der Waals surface area contributed by atoms with Crippen molar-refractivity contribution in [1.82, 2.24) is 35.2 Å². The zero-order chi connectivity index (χ0) is 86.4. The number of aromatic nitrogens is 6. The standard InChI is InChI=1S/C74H102N24O18S2/c1-7-36(4)60(87-38(6)100)73(116)96-55-32-118-117-31-54(71(114)98-61(37(5)99)62(76)105)95-64(107)47(17-12-20-81-74(77)78)89-68(111)52(24-42-29-80-34-86-42)92-67(110)51(23-41-28-79-33-85-41)88-57(102)30-84-63(106)49(21-39-26-82-45-15-10-8-13-43(39)45)91-69(112)53(25-58(103)104)93-65(108)48(18-19-56(75)101)90-66(109)50(94-72(115)59(35(2)3)97-70(55)113)22-40-27-83-46-16-11-9-14-44(40)46/h8-11,13-16,26-29,33-37,47-55,59-61,82-83,99H,7,12,17-25,30-32H2,1-6H3,(H2,75,101)(H2,76,105)(H,79,85)(H,80,86)(H,84,106)(H,87,100)(H,88,102)(H,89,111)(H,90,109)(H,91,112)(H,92,110)(H,93,108)(H,94,115)(H,95,107)(H,96,116)(H,97,113)(H,98,114)(H,103,104)(H4,77,78,81). The van der Waals surface area contributed by atoms with Crippen LogP contribution in [0, 0.1) is 28.1 Å². The van der Waals surface area contributed by atoms with Gasteiger partial charge in [0.25, 0.3) is 0 Å². The maximum absolute atomic E-state index is 12.8. The fourth-order valence-electron chi connectivity index (χ4n) is 11.9. The van der Waals surface area contributed by atoms with Crippen LogP contribution >= 0.6 is 21.6 Å². The van der Waals surface area contributed by atoms with Crippen molar-refractivity contribution in [1.29, 1.82) is 16.2 Å². The molecule has 2 aromatic carbocycles. The number of aromatic amines is 4. The van der Waals surface area contributed by atoms with Gasteiger partial charge in [-0.3, -0.25) is 21.0 Å². The fraction of sp³-hybridized carbons (Fsp3) is 0.473. The number of H-pyrrole nitrogens is 4. The Bertz CT molecular complexity index is 4780. The van der Waals surface area contributed by atoms with Crippen molar-refractivity contribution in [3.8, 4) is 0 Å². The van der Waals surface area contributed by atoms with Gasteiger partial charge in [0, 0.05) is 115 Å². The van der Waals surface area contributed by atoms with Crippen LogP contribution in [0.25, 0.3) is 21.8 Å². The predicted molar refractivity (Wildman–Crippen MR) is 458 cm³/mol. The maximum Gasteiger partial charge on any atom is 0.306 e. The molecular formula is C74H102N24O18S2. The molecular weight excluding hydrogens is 1580 g/mol. The number of nitrogens with zero attached hydrogens (tertiary/aromatic N) is 15. The molecule has 638 valence electrons. The average molecular weight is 1680 g/mol. The van der Waals surface area contributed by atoms with E-state index in [2.05, 4.69) is 100 Å². The van der Waals surface area contributed by atoms with Crippen LogP contribution < -0.4 is 11.1 Å². The summed E-state index contributed by atoms with van der Waals surface area (Å²) in [6, 6.07) is -6.11. The lowest BCUT2D eigenvalue weighted by atomic mass is 9.99. The van der Waals surface area contributed by atoms with Gasteiger partial charge in [-0.25, -0.2) is 74.9 Å². The summed E-state index contributed by atoms with van der Waals surface area (Å²) in [5, 5.41) is 225. The summed E-state index contributed by atoms with van der Waals surface area (Å²) in [6.45, 7) is 8.14. The second-order valence-corrected chi connectivity index (χ2v) is 30.4. The van der Waals surface area contributed by atoms with Crippen LogP contribution in [-0.4, -0.2) is 320 Å². The Morgan fingerprint density at radius 1 is 0.585 bits per heavy atom. The number of rotatable bonds is 27. The number of para-hydroxylation sites is 2. The number of carboxylic acids is 1. The van der Waals surface area contributed by atoms with Gasteiger partial charge in [-0.1, -0.05) is 92.1 Å². The molecule has 1 aliphatic heterocycles. The molecule has 0 amide bonds. The largest absolute Gasteiger partial charge is 0.497 e. The Kier molecular flexibility index (Phi) is 35.3. The monoisotopic (exact) mass is 1680 g/mol. The molecule has 14 atom stereocenters. The van der Waals surface area contributed by atoms with E-state index in [-0.39, 0.29) is 50.8 Å². The maximum atomic E-state index is 12.8. The van der Waals surface area contributed by atoms with Gasteiger partial charge in [0.2, 0.25) is 76.7 Å². The highest BCUT2D eigenvalue weighted by Gasteiger charge is 2.34. The van der Waals surface area contributed by atoms with Gasteiger partial charge in [-0.15, -0.1) is 0 Å². The molecule has 6 aromatic rings. The predicted octanol–water partition coefficient (Wildman–Crippen LogP) is 8.31. The molecule has 7 rings (SSSR count). The molecule has 0 saturated carbocycles. The molecule has 42 nitrogen and oxygen atoms in total. The van der Waals surface area contributed by atoms with Crippen LogP contribution in [-0.2, 0) is 30.5 Å². The van der Waals surface area contributed by atoms with Crippen molar-refractivity contribution in [3.05, 3.63) is 108 Å². The van der Waals surface area contributed by atoms with E-state index in [0.29, 0.717) is 50.7 Å². The van der Waals surface area contributed by atoms with Crippen LogP contribution in [0.5, 0.6) is 0 Å². The minimum absolute atomic E-state index is 0.0198. The number of hydrogen-bond acceptors (Lipinski definition) is 22. The van der Waals surface area contributed by atoms with Gasteiger partial charge in [0.1, 0.15) is 73.0 Å². The number of aliphatic hydroxyl groups excluding tert-OH is 16. The molecule has 44 heteroatoms. The molecule has 5 heterocycles. The Hall–Kier alpha value is -12.6. The van der Waals surface area contributed by atoms with Crippen LogP contribution in [0.4, 0.5) is 0 Å². The lowest BCUT2D eigenvalue weighted by Gasteiger charge is -2.22. The van der Waals surface area contributed by atoms with Gasteiger partial charge in [-0.05, 0) is 61.3 Å². The summed E-state index contributed by atoms with van der Waals surface area (Å²) < 4.78 is 0. The minimum atomic E-state index is -2.05. The van der Waals surface area contributed by atoms with Gasteiger partial charge in [0.05, 0.1) is 25.2 Å². The molecule has 0 aliphatic carbocycles. The summed E-state index contributed by atoms with van der Waals surface area (Å²) in [6.07, 6.45) is 3.54. The van der Waals surface area contributed by atoms with E-state index < -0.39 is 222 Å². The van der Waals surface area contributed by atoms with Crippen molar-refractivity contribution in [3.63, 3.8) is 0 Å². The first kappa shape index (κ1) is 92.6. The Balaban J connectivity index is 1.51. The molecule has 0 spiro atoms. The molecule has 118 heavy (non-hydrogen) atoms. The number of nitrogens with two attached hydrogens (primary N) is 1. The number of aliphatic imine (C=N–C) groups is 13. The van der Waals surface area contributed by atoms with E-state index >= 15 is 0 Å². The van der Waals surface area contributed by atoms with Crippen LogP contribution in [0.3, 0.4) is 0 Å². The number of fused-ring (bicyclic) bond motifs is 2. The van der Waals surface area contributed by atoms with E-state index in [4.69, 9.17) is 22.0 Å². The van der Waals surface area contributed by atoms with Gasteiger partial charge in [0.15, 0.2) is 23.8 Å². The zero-order valence-electron chi connectivity index (χ0n) is 65.3. The van der Waals surface area contributed by atoms with Gasteiger partial charge < -0.3 is 118 Å². The number of guanidine groups is 1. The minimum Gasteiger partial charge on any atom is -0.497 e. The summed E-state index contributed by atoms with van der Waals surface area (Å²) in [7, 11) is 1.74. The Morgan fingerprint density at radius 2 is 1.08 bits per heavy atom. The number of carbonyl (C=O) groups is 1. The number of hydrogen-bond donors (Lipinski definition) is 26. The first-order chi connectivity index (χ1) is 56.1. The van der Waals surface area contributed by atoms with E-state index in [1.165, 1.54) is 32.0 Å². The zero-order valence-corrected chi connectivity index (χ0v) is 66.9. The number of nitrogens with one attached hydrogen (secondary N) is 8. The average Bonchev–Trinajstić information content (AvgIpc) is 1.67. The van der Waals surface area contributed by atoms with Crippen molar-refractivity contribution < 1.29 is 91.6 Å². The topological polar surface area (TPSA) is 720 Å². The summed E-state index contributed by atoms with van der Waals surface area (Å²) in [5.41, 5.74) is 8.38. The fourth-order valence-corrected chi connectivity index (χ4v) is 14.1. The van der Waals surface area contributed by atoms with Crippen molar-refractivity contribution >= 4 is 144 Å². The molecule has 14 unspecified atom stereocenters. The van der Waals surface area contributed by atoms with Gasteiger partial charge >= 0.3 is 5.97 Å². The van der Waals surface area contributed by atoms with Crippen LogP contribution in [0.2, 0.25) is 0 Å². The van der Waals surface area contributed by atoms with Crippen molar-refractivity contribution in [2.24, 2.45) is 82.5 Å². The van der Waals surface area contributed by atoms with Gasteiger partial charge in [-0.2, -0.15) is 0 Å². The highest BCUT2D eigenvalue weighted by molar-refractivity contribution is 8.76. The third-order valence-corrected chi connectivity index (χ3v) is 20.7. The summed E-state index contributed by atoms with van der Waals surface area (Å²) >= 11 is 0. The first-order valence-electron chi connectivity index (χ1n) is 37.3. The number of benzene rings is 2. The SMILES string of the molecule is CCC(C)C(N=C(C)O)C(O)=NC1CSSCC(C(O)=NC(C(=N)O)C(C)O)N=C(O)C(CCCNC(=N)N)N=C(O)C(Cc2cnc[nH]2)N=C(O)C(Cc2cnc[nH]2)N=C(O)CN=C(O)C(Cc2c[nH]c3ccccc23)N=C(O)C(CC(=O)O)N=C(O)C(CCC(=N)O)N=C(O)C(Cc2c[nH]c3ccccc23)N=C(O)C(C(C)C)N=C1O. The third kappa shape index (κ3) is 28.4. The molecule has 0 fully saturated rings. The molecule has 1 aliphatic rings. The summed E-state index contributed by atoms with van der Waals surface area (Å²) in [4.78, 5) is 89.0. The van der Waals surface area contributed by atoms with Crippen LogP contribution in [0.15, 0.2) is 151 Å². The first-order valence-corrected chi connectivity index (χ1v) is 39.8. The molecule has 0 radical (unpaired) electrons. The molecule has 27 N–H and O–H groups in total. The Morgan fingerprint density at radius 3 is 1.58 bits per heavy atom. The van der Waals surface area contributed by atoms with Crippen molar-refractivity contribution in [2.45, 2.75) is 184 Å².